The zero-order chi connectivity index (χ0) is 16.2. The molecule has 0 atom stereocenters. The summed E-state index contributed by atoms with van der Waals surface area (Å²) >= 11 is 7.56. The number of methoxy groups -OCH3 is 1. The Morgan fingerprint density at radius 2 is 1.96 bits per heavy atom. The number of hydrogen-bond donors (Lipinski definition) is 0. The average molecular weight is 349 g/mol. The minimum atomic E-state index is 0.621. The van der Waals surface area contributed by atoms with Crippen LogP contribution in [0.4, 0.5) is 0 Å². The highest BCUT2D eigenvalue weighted by Gasteiger charge is 2.10. The number of ether oxygens (including phenoxy) is 1. The molecule has 3 rings (SSSR count). The second-order valence-electron chi connectivity index (χ2n) is 5.25. The Hall–Kier alpha value is -1.82. The van der Waals surface area contributed by atoms with Crippen LogP contribution >= 0.6 is 22.9 Å². The summed E-state index contributed by atoms with van der Waals surface area (Å²) in [5.74, 6) is 1.44. The molecular formula is C17H17ClN2O2S. The highest BCUT2D eigenvalue weighted by molar-refractivity contribution is 7.16. The van der Waals surface area contributed by atoms with Gasteiger partial charge in [0.1, 0.15) is 12.0 Å². The number of benzene rings is 1. The van der Waals surface area contributed by atoms with Gasteiger partial charge in [0.25, 0.3) is 0 Å². The van der Waals surface area contributed by atoms with E-state index in [1.165, 1.54) is 4.88 Å². The predicted octanol–water partition coefficient (Wildman–Crippen LogP) is 4.70. The molecule has 0 spiro atoms. The smallest absolute Gasteiger partial charge is 0.226 e. The average Bonchev–Trinajstić information content (AvgIpc) is 3.16. The van der Waals surface area contributed by atoms with E-state index in [4.69, 9.17) is 20.8 Å². The largest absolute Gasteiger partial charge is 0.497 e. The topological polar surface area (TPSA) is 38.5 Å². The molecule has 1 aromatic carbocycles. The van der Waals surface area contributed by atoms with Crippen LogP contribution in [0.25, 0.3) is 11.5 Å². The quantitative estimate of drug-likeness (QED) is 0.647. The maximum absolute atomic E-state index is 5.96. The van der Waals surface area contributed by atoms with Gasteiger partial charge >= 0.3 is 0 Å². The van der Waals surface area contributed by atoms with Crippen molar-refractivity contribution in [3.05, 3.63) is 57.6 Å². The molecule has 0 bridgehead atoms. The van der Waals surface area contributed by atoms with Crippen LogP contribution in [0.2, 0.25) is 4.34 Å². The Labute approximate surface area is 144 Å². The highest BCUT2D eigenvalue weighted by Crippen LogP contribution is 2.24. The molecule has 0 N–H and O–H groups in total. The van der Waals surface area contributed by atoms with E-state index in [1.54, 1.807) is 24.7 Å². The molecule has 0 radical (unpaired) electrons. The van der Waals surface area contributed by atoms with Gasteiger partial charge < -0.3 is 9.15 Å². The summed E-state index contributed by atoms with van der Waals surface area (Å²) in [7, 11) is 3.70. The fraction of sp³-hybridized carbons (Fsp3) is 0.235. The maximum Gasteiger partial charge on any atom is 0.226 e. The first-order chi connectivity index (χ1) is 11.1. The lowest BCUT2D eigenvalue weighted by Gasteiger charge is -2.13. The Bertz CT molecular complexity index is 767. The molecule has 0 aliphatic carbocycles. The van der Waals surface area contributed by atoms with Crippen molar-refractivity contribution in [1.82, 2.24) is 9.88 Å². The van der Waals surface area contributed by atoms with Gasteiger partial charge in [-0.1, -0.05) is 11.6 Å². The van der Waals surface area contributed by atoms with E-state index in [0.29, 0.717) is 5.89 Å². The molecule has 0 saturated carbocycles. The van der Waals surface area contributed by atoms with E-state index < -0.39 is 0 Å². The number of oxazole rings is 1. The summed E-state index contributed by atoms with van der Waals surface area (Å²) in [5, 5.41) is 0. The molecule has 3 aromatic rings. The van der Waals surface area contributed by atoms with Crippen LogP contribution < -0.4 is 4.74 Å². The summed E-state index contributed by atoms with van der Waals surface area (Å²) in [6, 6.07) is 11.6. The van der Waals surface area contributed by atoms with Crippen molar-refractivity contribution >= 4 is 22.9 Å². The van der Waals surface area contributed by atoms with Crippen molar-refractivity contribution in [3.8, 4) is 17.2 Å². The molecule has 120 valence electrons. The molecule has 0 unspecified atom stereocenters. The van der Waals surface area contributed by atoms with Crippen molar-refractivity contribution in [2.75, 3.05) is 14.2 Å². The van der Waals surface area contributed by atoms with E-state index in [0.717, 1.165) is 34.4 Å². The third-order valence-corrected chi connectivity index (χ3v) is 4.59. The van der Waals surface area contributed by atoms with Gasteiger partial charge in [-0.3, -0.25) is 4.90 Å². The van der Waals surface area contributed by atoms with Gasteiger partial charge in [0, 0.05) is 23.5 Å². The SMILES string of the molecule is COc1ccc(-c2nc(CN(C)Cc3ccc(Cl)s3)co2)cc1. The second-order valence-corrected chi connectivity index (χ2v) is 7.05. The number of hydrogen-bond acceptors (Lipinski definition) is 5. The van der Waals surface area contributed by atoms with Gasteiger partial charge in [0.15, 0.2) is 0 Å². The maximum atomic E-state index is 5.96. The van der Waals surface area contributed by atoms with Crippen LogP contribution in [0, 0.1) is 0 Å². The van der Waals surface area contributed by atoms with Crippen molar-refractivity contribution in [1.29, 1.82) is 0 Å². The van der Waals surface area contributed by atoms with E-state index in [2.05, 4.69) is 23.0 Å². The standard InChI is InChI=1S/C17H17ClN2O2S/c1-20(10-15-7-8-16(18)23-15)9-13-11-22-17(19-13)12-3-5-14(21-2)6-4-12/h3-8,11H,9-10H2,1-2H3. The first kappa shape index (κ1) is 16.1. The number of thiophene rings is 1. The molecule has 0 amide bonds. The highest BCUT2D eigenvalue weighted by atomic mass is 35.5. The molecule has 4 nitrogen and oxygen atoms in total. The van der Waals surface area contributed by atoms with Crippen LogP contribution in [0.5, 0.6) is 5.75 Å². The zero-order valence-electron chi connectivity index (χ0n) is 13.0. The lowest BCUT2D eigenvalue weighted by molar-refractivity contribution is 0.317. The van der Waals surface area contributed by atoms with Gasteiger partial charge in [-0.15, -0.1) is 11.3 Å². The lowest BCUT2D eigenvalue weighted by Crippen LogP contribution is -2.16. The number of rotatable bonds is 6. The summed E-state index contributed by atoms with van der Waals surface area (Å²) in [6.45, 7) is 1.55. The molecule has 0 fully saturated rings. The molecule has 0 saturated heterocycles. The summed E-state index contributed by atoms with van der Waals surface area (Å²) in [6.07, 6.45) is 1.71. The van der Waals surface area contributed by atoms with Crippen molar-refractivity contribution in [2.45, 2.75) is 13.1 Å². The van der Waals surface area contributed by atoms with Crippen LogP contribution in [0.3, 0.4) is 0 Å². The Kier molecular flexibility index (Phi) is 5.00. The fourth-order valence-electron chi connectivity index (χ4n) is 2.28. The van der Waals surface area contributed by atoms with Gasteiger partial charge in [-0.2, -0.15) is 0 Å². The van der Waals surface area contributed by atoms with Crippen molar-refractivity contribution in [2.24, 2.45) is 0 Å². The van der Waals surface area contributed by atoms with Crippen LogP contribution in [-0.4, -0.2) is 24.0 Å². The first-order valence-electron chi connectivity index (χ1n) is 7.15. The van der Waals surface area contributed by atoms with Gasteiger partial charge in [-0.25, -0.2) is 4.98 Å². The summed E-state index contributed by atoms with van der Waals surface area (Å²) in [4.78, 5) is 7.96. The van der Waals surface area contributed by atoms with Crippen molar-refractivity contribution in [3.63, 3.8) is 0 Å². The molecule has 6 heteroatoms. The van der Waals surface area contributed by atoms with Crippen molar-refractivity contribution < 1.29 is 9.15 Å². The van der Waals surface area contributed by atoms with Gasteiger partial charge in [-0.05, 0) is 43.4 Å². The Morgan fingerprint density at radius 3 is 2.61 bits per heavy atom. The second kappa shape index (κ2) is 7.17. The Balaban J connectivity index is 1.64. The number of nitrogens with zero attached hydrogens (tertiary/aromatic N) is 2. The van der Waals surface area contributed by atoms with E-state index in [9.17, 15) is 0 Å². The molecule has 23 heavy (non-hydrogen) atoms. The van der Waals surface area contributed by atoms with Gasteiger partial charge in [0.05, 0.1) is 17.1 Å². The monoisotopic (exact) mass is 348 g/mol. The minimum Gasteiger partial charge on any atom is -0.497 e. The van der Waals surface area contributed by atoms with Crippen LogP contribution in [0.1, 0.15) is 10.6 Å². The molecule has 2 heterocycles. The zero-order valence-corrected chi connectivity index (χ0v) is 14.5. The summed E-state index contributed by atoms with van der Waals surface area (Å²) < 4.78 is 11.6. The first-order valence-corrected chi connectivity index (χ1v) is 8.35. The molecule has 0 aliphatic rings. The third-order valence-electron chi connectivity index (χ3n) is 3.38. The summed E-state index contributed by atoms with van der Waals surface area (Å²) in [5.41, 5.74) is 1.84. The van der Waals surface area contributed by atoms with E-state index in [-0.39, 0.29) is 0 Å². The number of aromatic nitrogens is 1. The molecular weight excluding hydrogens is 332 g/mol. The Morgan fingerprint density at radius 1 is 1.17 bits per heavy atom. The molecule has 2 aromatic heterocycles. The fourth-order valence-corrected chi connectivity index (χ4v) is 3.45. The minimum absolute atomic E-state index is 0.621. The van der Waals surface area contributed by atoms with Gasteiger partial charge in [0.2, 0.25) is 5.89 Å². The predicted molar refractivity (Wildman–Crippen MR) is 93.0 cm³/mol. The lowest BCUT2D eigenvalue weighted by atomic mass is 10.2. The number of halogens is 1. The molecule has 0 aliphatic heterocycles. The normalized spacial score (nSPS) is 11.1. The third kappa shape index (κ3) is 4.13. The van der Waals surface area contributed by atoms with Crippen LogP contribution in [0.15, 0.2) is 47.1 Å². The van der Waals surface area contributed by atoms with E-state index >= 15 is 0 Å². The van der Waals surface area contributed by atoms with E-state index in [1.807, 2.05) is 30.3 Å². The van der Waals surface area contributed by atoms with Crippen LogP contribution in [-0.2, 0) is 13.1 Å².